The van der Waals surface area contributed by atoms with Crippen LogP contribution in [0.1, 0.15) is 12.5 Å². The molecule has 1 atom stereocenters. The third-order valence-corrected chi connectivity index (χ3v) is 2.95. The molecule has 0 saturated carbocycles. The Labute approximate surface area is 116 Å². The maximum absolute atomic E-state index is 12.0. The van der Waals surface area contributed by atoms with Crippen LogP contribution in [-0.2, 0) is 6.54 Å². The van der Waals surface area contributed by atoms with Crippen LogP contribution in [0.4, 0.5) is 5.82 Å². The Morgan fingerprint density at radius 2 is 2.05 bits per heavy atom. The summed E-state index contributed by atoms with van der Waals surface area (Å²) >= 11 is 0. The van der Waals surface area contributed by atoms with E-state index in [-0.39, 0.29) is 6.04 Å². The maximum atomic E-state index is 12.0. The summed E-state index contributed by atoms with van der Waals surface area (Å²) in [6.45, 7) is 5.97. The molecular formula is C15H17N3O2. The molecule has 0 fully saturated rings. The highest BCUT2D eigenvalue weighted by Crippen LogP contribution is 2.08. The number of aromatic nitrogens is 2. The summed E-state index contributed by atoms with van der Waals surface area (Å²) in [5.74, 6) is 0.481. The normalized spacial score (nSPS) is 11.8. The van der Waals surface area contributed by atoms with Gasteiger partial charge in [-0.25, -0.2) is 4.79 Å². The van der Waals surface area contributed by atoms with Crippen LogP contribution in [0.15, 0.2) is 58.6 Å². The second kappa shape index (κ2) is 6.06. The third-order valence-electron chi connectivity index (χ3n) is 2.95. The van der Waals surface area contributed by atoms with Gasteiger partial charge in [-0.2, -0.15) is 0 Å². The first kappa shape index (κ1) is 13.9. The molecule has 0 aliphatic carbocycles. The lowest BCUT2D eigenvalue weighted by atomic mass is 10.2. The third kappa shape index (κ3) is 3.26. The summed E-state index contributed by atoms with van der Waals surface area (Å²) in [7, 11) is 0. The molecule has 0 aliphatic heterocycles. The van der Waals surface area contributed by atoms with Crippen molar-refractivity contribution in [3.05, 3.63) is 75.5 Å². The number of aromatic amines is 1. The number of anilines is 1. The topological polar surface area (TPSA) is 66.9 Å². The van der Waals surface area contributed by atoms with Gasteiger partial charge in [-0.15, -0.1) is 6.58 Å². The van der Waals surface area contributed by atoms with Crippen LogP contribution in [0, 0.1) is 0 Å². The summed E-state index contributed by atoms with van der Waals surface area (Å²) in [6, 6.07) is 10.9. The summed E-state index contributed by atoms with van der Waals surface area (Å²) in [4.78, 5) is 25.7. The first-order valence-electron chi connectivity index (χ1n) is 6.37. The summed E-state index contributed by atoms with van der Waals surface area (Å²) in [6.07, 6.45) is 1.71. The Balaban J connectivity index is 2.42. The standard InChI is InChI=1S/C15H17N3O2/c1-3-11(2)16-13-9-14(19)17-15(20)18(13)10-12-7-5-4-6-8-12/h3-9,11,16H,1,10H2,2H3,(H,17,19,20). The van der Waals surface area contributed by atoms with E-state index in [0.717, 1.165) is 5.56 Å². The van der Waals surface area contributed by atoms with E-state index in [9.17, 15) is 9.59 Å². The molecule has 1 aromatic heterocycles. The van der Waals surface area contributed by atoms with Crippen molar-refractivity contribution in [2.75, 3.05) is 5.32 Å². The van der Waals surface area contributed by atoms with Gasteiger partial charge in [0.05, 0.1) is 6.54 Å². The molecule has 0 saturated heterocycles. The summed E-state index contributed by atoms with van der Waals surface area (Å²) in [5.41, 5.74) is 0.133. The molecule has 1 unspecified atom stereocenters. The average molecular weight is 271 g/mol. The van der Waals surface area contributed by atoms with Crippen molar-refractivity contribution in [3.8, 4) is 0 Å². The molecule has 104 valence electrons. The van der Waals surface area contributed by atoms with E-state index < -0.39 is 11.2 Å². The van der Waals surface area contributed by atoms with Gasteiger partial charge in [-0.1, -0.05) is 36.4 Å². The number of H-pyrrole nitrogens is 1. The lowest BCUT2D eigenvalue weighted by Gasteiger charge is -2.16. The zero-order chi connectivity index (χ0) is 14.5. The summed E-state index contributed by atoms with van der Waals surface area (Å²) in [5, 5.41) is 3.09. The number of nitrogens with one attached hydrogen (secondary N) is 2. The highest BCUT2D eigenvalue weighted by atomic mass is 16.2. The molecule has 0 amide bonds. The first-order valence-corrected chi connectivity index (χ1v) is 6.37. The first-order chi connectivity index (χ1) is 9.60. The van der Waals surface area contributed by atoms with Crippen LogP contribution in [0.25, 0.3) is 0 Å². The van der Waals surface area contributed by atoms with Gasteiger partial charge >= 0.3 is 5.69 Å². The minimum absolute atomic E-state index is 0.0433. The molecule has 5 nitrogen and oxygen atoms in total. The van der Waals surface area contributed by atoms with E-state index in [1.54, 1.807) is 6.08 Å². The van der Waals surface area contributed by atoms with Crippen LogP contribution in [0.5, 0.6) is 0 Å². The fourth-order valence-corrected chi connectivity index (χ4v) is 1.86. The van der Waals surface area contributed by atoms with Gasteiger partial charge in [0, 0.05) is 12.1 Å². The number of nitrogens with zero attached hydrogens (tertiary/aromatic N) is 1. The van der Waals surface area contributed by atoms with E-state index in [1.807, 2.05) is 37.3 Å². The highest BCUT2D eigenvalue weighted by molar-refractivity contribution is 5.37. The quantitative estimate of drug-likeness (QED) is 0.811. The molecule has 1 aromatic carbocycles. The lowest BCUT2D eigenvalue weighted by molar-refractivity contribution is 0.719. The Morgan fingerprint density at radius 3 is 2.70 bits per heavy atom. The van der Waals surface area contributed by atoms with Crippen molar-refractivity contribution < 1.29 is 0 Å². The van der Waals surface area contributed by atoms with E-state index in [0.29, 0.717) is 12.4 Å². The predicted octanol–water partition coefficient (Wildman–Crippen LogP) is 1.57. The second-order valence-electron chi connectivity index (χ2n) is 4.56. The van der Waals surface area contributed by atoms with Crippen molar-refractivity contribution in [2.45, 2.75) is 19.5 Å². The molecule has 0 bridgehead atoms. The molecule has 20 heavy (non-hydrogen) atoms. The molecule has 0 aliphatic rings. The molecule has 0 radical (unpaired) electrons. The Morgan fingerprint density at radius 1 is 1.35 bits per heavy atom. The van der Waals surface area contributed by atoms with Crippen molar-refractivity contribution >= 4 is 5.82 Å². The van der Waals surface area contributed by atoms with Crippen LogP contribution in [0.2, 0.25) is 0 Å². The maximum Gasteiger partial charge on any atom is 0.330 e. The van der Waals surface area contributed by atoms with Crippen LogP contribution >= 0.6 is 0 Å². The average Bonchev–Trinajstić information content (AvgIpc) is 2.43. The lowest BCUT2D eigenvalue weighted by Crippen LogP contribution is -2.33. The smallest absolute Gasteiger partial charge is 0.330 e. The predicted molar refractivity (Wildman–Crippen MR) is 80.1 cm³/mol. The molecule has 0 spiro atoms. The van der Waals surface area contributed by atoms with Crippen molar-refractivity contribution in [1.82, 2.24) is 9.55 Å². The minimum Gasteiger partial charge on any atom is -0.365 e. The number of benzene rings is 1. The fourth-order valence-electron chi connectivity index (χ4n) is 1.86. The van der Waals surface area contributed by atoms with E-state index in [4.69, 9.17) is 0 Å². The molecule has 2 N–H and O–H groups in total. The molecule has 2 aromatic rings. The van der Waals surface area contributed by atoms with Gasteiger partial charge in [0.25, 0.3) is 5.56 Å². The Hall–Kier alpha value is -2.56. The van der Waals surface area contributed by atoms with Gasteiger partial charge < -0.3 is 5.32 Å². The largest absolute Gasteiger partial charge is 0.365 e. The SMILES string of the molecule is C=CC(C)Nc1cc(=O)[nH]c(=O)n1Cc1ccccc1. The number of hydrogen-bond acceptors (Lipinski definition) is 3. The van der Waals surface area contributed by atoms with Gasteiger partial charge in [0.2, 0.25) is 0 Å². The fraction of sp³-hybridized carbons (Fsp3) is 0.200. The van der Waals surface area contributed by atoms with Gasteiger partial charge in [0.15, 0.2) is 0 Å². The van der Waals surface area contributed by atoms with Crippen LogP contribution in [-0.4, -0.2) is 15.6 Å². The Kier molecular flexibility index (Phi) is 4.20. The highest BCUT2D eigenvalue weighted by Gasteiger charge is 2.08. The van der Waals surface area contributed by atoms with E-state index in [1.165, 1.54) is 10.6 Å². The van der Waals surface area contributed by atoms with Gasteiger partial charge in [-0.3, -0.25) is 14.3 Å². The van der Waals surface area contributed by atoms with Crippen molar-refractivity contribution in [1.29, 1.82) is 0 Å². The van der Waals surface area contributed by atoms with Gasteiger partial charge in [-0.05, 0) is 12.5 Å². The van der Waals surface area contributed by atoms with Crippen molar-refractivity contribution in [3.63, 3.8) is 0 Å². The molecular weight excluding hydrogens is 254 g/mol. The zero-order valence-corrected chi connectivity index (χ0v) is 11.3. The van der Waals surface area contributed by atoms with E-state index in [2.05, 4.69) is 16.9 Å². The monoisotopic (exact) mass is 271 g/mol. The zero-order valence-electron chi connectivity index (χ0n) is 11.3. The number of rotatable bonds is 5. The van der Waals surface area contributed by atoms with Crippen molar-refractivity contribution in [2.24, 2.45) is 0 Å². The Bertz CT molecular complexity index is 701. The van der Waals surface area contributed by atoms with Gasteiger partial charge in [0.1, 0.15) is 5.82 Å². The molecule has 1 heterocycles. The van der Waals surface area contributed by atoms with Crippen LogP contribution < -0.4 is 16.6 Å². The van der Waals surface area contributed by atoms with Crippen LogP contribution in [0.3, 0.4) is 0 Å². The minimum atomic E-state index is -0.430. The number of hydrogen-bond donors (Lipinski definition) is 2. The molecule has 2 rings (SSSR count). The molecule has 5 heteroatoms. The van der Waals surface area contributed by atoms with E-state index >= 15 is 0 Å². The summed E-state index contributed by atoms with van der Waals surface area (Å²) < 4.78 is 1.50. The second-order valence-corrected chi connectivity index (χ2v) is 4.56.